The van der Waals surface area contributed by atoms with Gasteiger partial charge >= 0.3 is 6.18 Å². The summed E-state index contributed by atoms with van der Waals surface area (Å²) in [5, 5.41) is 14.2. The minimum atomic E-state index is -4.18. The molecule has 5 nitrogen and oxygen atoms in total. The molecule has 1 aromatic rings. The number of hydrogen-bond donors (Lipinski definition) is 2. The number of guanidine groups is 1. The quantitative estimate of drug-likeness (QED) is 0.485. The standard InChI is InChI=1S/C20H30ClF3N4O/c1-3-25-19(26-11-18(29)16-5-7-17(21)8-6-16)28-10-9-15(13-28)12-27(4-2)14-20(22,23)24/h5-8,15,18,29H,3-4,9-14H2,1-2H3,(H,25,26). The van der Waals surface area contributed by atoms with Gasteiger partial charge in [-0.1, -0.05) is 30.7 Å². The van der Waals surface area contributed by atoms with E-state index in [1.165, 1.54) is 4.90 Å². The minimum Gasteiger partial charge on any atom is -0.386 e. The Labute approximate surface area is 175 Å². The van der Waals surface area contributed by atoms with E-state index in [2.05, 4.69) is 15.2 Å². The summed E-state index contributed by atoms with van der Waals surface area (Å²) < 4.78 is 38.1. The summed E-state index contributed by atoms with van der Waals surface area (Å²) in [5.41, 5.74) is 0.735. The monoisotopic (exact) mass is 434 g/mol. The van der Waals surface area contributed by atoms with E-state index in [-0.39, 0.29) is 12.5 Å². The van der Waals surface area contributed by atoms with Crippen LogP contribution in [0.5, 0.6) is 0 Å². The normalized spacial score (nSPS) is 19.1. The molecular weight excluding hydrogens is 405 g/mol. The Kier molecular flexibility index (Phi) is 9.04. The molecule has 0 aromatic heterocycles. The van der Waals surface area contributed by atoms with Crippen LogP contribution in [0.2, 0.25) is 5.02 Å². The smallest absolute Gasteiger partial charge is 0.386 e. The molecule has 1 heterocycles. The van der Waals surface area contributed by atoms with E-state index in [1.807, 2.05) is 6.92 Å². The van der Waals surface area contributed by atoms with Gasteiger partial charge in [-0.3, -0.25) is 9.89 Å². The van der Waals surface area contributed by atoms with E-state index in [1.54, 1.807) is 31.2 Å². The lowest BCUT2D eigenvalue weighted by Gasteiger charge is -2.26. The first-order valence-corrected chi connectivity index (χ1v) is 10.4. The van der Waals surface area contributed by atoms with Crippen LogP contribution >= 0.6 is 11.6 Å². The second-order valence-corrected chi connectivity index (χ2v) is 7.74. The van der Waals surface area contributed by atoms with Crippen molar-refractivity contribution in [1.29, 1.82) is 0 Å². The third-order valence-corrected chi connectivity index (χ3v) is 5.21. The zero-order chi connectivity index (χ0) is 21.4. The topological polar surface area (TPSA) is 51.1 Å². The first kappa shape index (κ1) is 23.8. The Hall–Kier alpha value is -1.51. The molecule has 29 heavy (non-hydrogen) atoms. The average Bonchev–Trinajstić information content (AvgIpc) is 3.12. The first-order chi connectivity index (χ1) is 13.7. The fraction of sp³-hybridized carbons (Fsp3) is 0.650. The number of nitrogens with zero attached hydrogens (tertiary/aromatic N) is 3. The van der Waals surface area contributed by atoms with E-state index >= 15 is 0 Å². The van der Waals surface area contributed by atoms with Crippen LogP contribution in [0.4, 0.5) is 13.2 Å². The van der Waals surface area contributed by atoms with Crippen molar-refractivity contribution in [3.05, 3.63) is 34.9 Å². The predicted octanol–water partition coefficient (Wildman–Crippen LogP) is 3.55. The van der Waals surface area contributed by atoms with Crippen LogP contribution in [0, 0.1) is 5.92 Å². The number of halogens is 4. The van der Waals surface area contributed by atoms with Crippen molar-refractivity contribution < 1.29 is 18.3 Å². The van der Waals surface area contributed by atoms with Gasteiger partial charge in [-0.2, -0.15) is 13.2 Å². The molecule has 2 atom stereocenters. The van der Waals surface area contributed by atoms with Crippen LogP contribution in [-0.2, 0) is 0 Å². The summed E-state index contributed by atoms with van der Waals surface area (Å²) in [5.74, 6) is 0.837. The lowest BCUT2D eigenvalue weighted by molar-refractivity contribution is -0.146. The second-order valence-electron chi connectivity index (χ2n) is 7.31. The van der Waals surface area contributed by atoms with Crippen molar-refractivity contribution in [1.82, 2.24) is 15.1 Å². The molecule has 0 amide bonds. The van der Waals surface area contributed by atoms with Gasteiger partial charge in [0.15, 0.2) is 5.96 Å². The molecule has 0 saturated carbocycles. The minimum absolute atomic E-state index is 0.155. The summed E-state index contributed by atoms with van der Waals surface area (Å²) in [4.78, 5) is 8.05. The van der Waals surface area contributed by atoms with Gasteiger partial charge in [0, 0.05) is 31.2 Å². The molecule has 2 unspecified atom stereocenters. The number of aliphatic imine (C=N–C) groups is 1. The number of aliphatic hydroxyl groups is 1. The molecule has 0 spiro atoms. The molecule has 0 radical (unpaired) electrons. The Morgan fingerprint density at radius 1 is 1.34 bits per heavy atom. The number of likely N-dealkylation sites (tertiary alicyclic amines) is 1. The lowest BCUT2D eigenvalue weighted by atomic mass is 10.1. The van der Waals surface area contributed by atoms with E-state index in [0.29, 0.717) is 37.2 Å². The SMILES string of the molecule is CCNC(=NCC(O)c1ccc(Cl)cc1)N1CCC(CN(CC)CC(F)(F)F)C1. The van der Waals surface area contributed by atoms with Crippen molar-refractivity contribution >= 4 is 17.6 Å². The van der Waals surface area contributed by atoms with Crippen LogP contribution in [0.3, 0.4) is 0 Å². The van der Waals surface area contributed by atoms with Gasteiger partial charge in [0.05, 0.1) is 19.2 Å². The number of alkyl halides is 3. The van der Waals surface area contributed by atoms with Gasteiger partial charge in [-0.25, -0.2) is 0 Å². The number of benzene rings is 1. The lowest BCUT2D eigenvalue weighted by Crippen LogP contribution is -2.42. The zero-order valence-electron chi connectivity index (χ0n) is 16.9. The van der Waals surface area contributed by atoms with Gasteiger partial charge in [-0.05, 0) is 43.5 Å². The van der Waals surface area contributed by atoms with E-state index in [9.17, 15) is 18.3 Å². The molecule has 164 valence electrons. The second kappa shape index (κ2) is 11.0. The number of rotatable bonds is 8. The summed E-state index contributed by atoms with van der Waals surface area (Å²) in [7, 11) is 0. The number of aliphatic hydroxyl groups excluding tert-OH is 1. The summed E-state index contributed by atoms with van der Waals surface area (Å²) >= 11 is 5.87. The van der Waals surface area contributed by atoms with Crippen molar-refractivity contribution in [2.45, 2.75) is 32.5 Å². The average molecular weight is 435 g/mol. The maximum atomic E-state index is 12.7. The Morgan fingerprint density at radius 3 is 2.62 bits per heavy atom. The third-order valence-electron chi connectivity index (χ3n) is 4.96. The molecule has 9 heteroatoms. The van der Waals surface area contributed by atoms with Gasteiger partial charge in [0.1, 0.15) is 0 Å². The molecule has 1 fully saturated rings. The van der Waals surface area contributed by atoms with Crippen LogP contribution in [0.1, 0.15) is 31.9 Å². The van der Waals surface area contributed by atoms with E-state index in [0.717, 1.165) is 18.5 Å². The molecule has 2 N–H and O–H groups in total. The number of nitrogens with one attached hydrogen (secondary N) is 1. The first-order valence-electron chi connectivity index (χ1n) is 9.97. The maximum Gasteiger partial charge on any atom is 0.401 e. The highest BCUT2D eigenvalue weighted by molar-refractivity contribution is 6.30. The van der Waals surface area contributed by atoms with Gasteiger partial charge < -0.3 is 15.3 Å². The summed E-state index contributed by atoms with van der Waals surface area (Å²) in [6, 6.07) is 6.98. The van der Waals surface area contributed by atoms with Crippen molar-refractivity contribution in [3.63, 3.8) is 0 Å². The number of hydrogen-bond acceptors (Lipinski definition) is 3. The molecule has 0 bridgehead atoms. The molecule has 2 rings (SSSR count). The van der Waals surface area contributed by atoms with Crippen LogP contribution < -0.4 is 5.32 Å². The fourth-order valence-corrected chi connectivity index (χ4v) is 3.61. The molecule has 1 aromatic carbocycles. The Balaban J connectivity index is 1.94. The molecule has 0 aliphatic carbocycles. The van der Waals surface area contributed by atoms with Crippen molar-refractivity contribution in [2.24, 2.45) is 10.9 Å². The van der Waals surface area contributed by atoms with Gasteiger partial charge in [0.25, 0.3) is 0 Å². The zero-order valence-corrected chi connectivity index (χ0v) is 17.7. The van der Waals surface area contributed by atoms with Crippen molar-refractivity contribution in [2.75, 3.05) is 45.8 Å². The summed E-state index contributed by atoms with van der Waals surface area (Å²) in [6.07, 6.45) is -4.11. The highest BCUT2D eigenvalue weighted by Crippen LogP contribution is 2.22. The fourth-order valence-electron chi connectivity index (χ4n) is 3.49. The van der Waals surface area contributed by atoms with Crippen LogP contribution in [-0.4, -0.2) is 72.9 Å². The van der Waals surface area contributed by atoms with Crippen molar-refractivity contribution in [3.8, 4) is 0 Å². The van der Waals surface area contributed by atoms with Crippen LogP contribution in [0.15, 0.2) is 29.3 Å². The van der Waals surface area contributed by atoms with Gasteiger partial charge in [-0.15, -0.1) is 0 Å². The maximum absolute atomic E-state index is 12.7. The predicted molar refractivity (Wildman–Crippen MR) is 110 cm³/mol. The highest BCUT2D eigenvalue weighted by atomic mass is 35.5. The summed E-state index contributed by atoms with van der Waals surface area (Å²) in [6.45, 7) is 5.88. The van der Waals surface area contributed by atoms with E-state index < -0.39 is 18.8 Å². The molecule has 1 saturated heterocycles. The molecule has 1 aliphatic heterocycles. The third kappa shape index (κ3) is 8.03. The van der Waals surface area contributed by atoms with E-state index in [4.69, 9.17) is 11.6 Å². The largest absolute Gasteiger partial charge is 0.401 e. The van der Waals surface area contributed by atoms with Gasteiger partial charge in [0.2, 0.25) is 0 Å². The molecular formula is C20H30ClF3N4O. The van der Waals surface area contributed by atoms with Crippen LogP contribution in [0.25, 0.3) is 0 Å². The Bertz CT molecular complexity index is 654. The highest BCUT2D eigenvalue weighted by Gasteiger charge is 2.33. The molecule has 1 aliphatic rings. The Morgan fingerprint density at radius 2 is 2.03 bits per heavy atom.